The molecular weight excluding hydrogens is 481 g/mol. The number of likely N-dealkylation sites (N-methyl/N-ethyl adjacent to an activating group) is 1. The maximum absolute atomic E-state index is 6.52. The Balaban J connectivity index is 1.94. The third-order valence-corrected chi connectivity index (χ3v) is 6.61. The highest BCUT2D eigenvalue weighted by Crippen LogP contribution is 2.37. The minimum atomic E-state index is 0.0498. The van der Waals surface area contributed by atoms with E-state index in [1.165, 1.54) is 27.8 Å². The third kappa shape index (κ3) is 5.93. The Bertz CT molecular complexity index is 874. The molecule has 0 amide bonds. The fourth-order valence-electron chi connectivity index (χ4n) is 4.28. The highest BCUT2D eigenvalue weighted by atomic mass is 127. The van der Waals surface area contributed by atoms with Gasteiger partial charge in [0, 0.05) is 0 Å². The first kappa shape index (κ1) is 23.0. The summed E-state index contributed by atoms with van der Waals surface area (Å²) in [5.74, 6) is 0.244. The summed E-state index contributed by atoms with van der Waals surface area (Å²) in [7, 11) is 6.82. The van der Waals surface area contributed by atoms with Crippen LogP contribution in [0.5, 0.6) is 0 Å². The van der Waals surface area contributed by atoms with Crippen molar-refractivity contribution in [2.45, 2.75) is 36.5 Å². The van der Waals surface area contributed by atoms with Crippen LogP contribution >= 0.6 is 22.6 Å². The van der Waals surface area contributed by atoms with Crippen molar-refractivity contribution in [3.05, 3.63) is 107 Å². The average molecular weight is 514 g/mol. The van der Waals surface area contributed by atoms with Crippen LogP contribution < -0.4 is 0 Å². The molecule has 3 aromatic rings. The van der Waals surface area contributed by atoms with E-state index in [4.69, 9.17) is 4.74 Å². The van der Waals surface area contributed by atoms with Gasteiger partial charge in [0.25, 0.3) is 0 Å². The lowest BCUT2D eigenvalue weighted by Crippen LogP contribution is -2.54. The smallest absolute Gasteiger partial charge is 0.161 e. The molecule has 3 aromatic carbocycles. The van der Waals surface area contributed by atoms with Crippen molar-refractivity contribution in [1.82, 2.24) is 0 Å². The van der Waals surface area contributed by atoms with Gasteiger partial charge in [0.05, 0.1) is 33.7 Å². The quantitative estimate of drug-likeness (QED) is 0.190. The second-order valence-corrected chi connectivity index (χ2v) is 10.3. The maximum Gasteiger partial charge on any atom is 0.161 e. The van der Waals surface area contributed by atoms with Crippen LogP contribution in [0.4, 0.5) is 0 Å². The van der Waals surface area contributed by atoms with E-state index in [1.54, 1.807) is 0 Å². The second kappa shape index (κ2) is 10.1. The topological polar surface area (TPSA) is 9.23 Å². The van der Waals surface area contributed by atoms with Crippen LogP contribution in [0, 0.1) is 13.8 Å². The van der Waals surface area contributed by atoms with Gasteiger partial charge in [-0.15, -0.1) is 0 Å². The minimum absolute atomic E-state index is 0.0498. The molecule has 0 radical (unpaired) electrons. The lowest BCUT2D eigenvalue weighted by molar-refractivity contribution is -0.898. The first-order valence-electron chi connectivity index (χ1n) is 10.5. The molecule has 0 aliphatic rings. The summed E-state index contributed by atoms with van der Waals surface area (Å²) in [4.78, 5) is 0. The van der Waals surface area contributed by atoms with E-state index in [0.29, 0.717) is 6.61 Å². The number of hydrogen-bond donors (Lipinski definition) is 0. The number of halogens is 1. The molecule has 0 N–H and O–H groups in total. The van der Waals surface area contributed by atoms with Crippen molar-refractivity contribution in [1.29, 1.82) is 0 Å². The number of benzene rings is 3. The Morgan fingerprint density at radius 1 is 0.767 bits per heavy atom. The summed E-state index contributed by atoms with van der Waals surface area (Å²) < 4.78 is 7.39. The van der Waals surface area contributed by atoms with Crippen molar-refractivity contribution in [2.24, 2.45) is 0 Å². The van der Waals surface area contributed by atoms with Gasteiger partial charge in [-0.3, -0.25) is 0 Å². The fraction of sp³-hybridized carbons (Fsp3) is 0.333. The summed E-state index contributed by atoms with van der Waals surface area (Å²) >= 11 is 2.50. The van der Waals surface area contributed by atoms with E-state index in [-0.39, 0.29) is 16.1 Å². The van der Waals surface area contributed by atoms with Crippen molar-refractivity contribution >= 4 is 22.6 Å². The molecule has 30 heavy (non-hydrogen) atoms. The summed E-state index contributed by atoms with van der Waals surface area (Å²) in [6, 6.07) is 28.6. The van der Waals surface area contributed by atoms with E-state index < -0.39 is 0 Å². The van der Waals surface area contributed by atoms with Gasteiger partial charge in [-0.05, 0) is 53.1 Å². The van der Waals surface area contributed by atoms with E-state index in [1.807, 2.05) is 0 Å². The van der Waals surface area contributed by atoms with Crippen LogP contribution in [0.2, 0.25) is 0 Å². The van der Waals surface area contributed by atoms with Crippen LogP contribution in [0.25, 0.3) is 0 Å². The van der Waals surface area contributed by atoms with Gasteiger partial charge in [-0.1, -0.05) is 90.0 Å². The molecule has 3 rings (SSSR count). The standard InChI is InChI=1S/C27H33INO/c1-20-16-21(2)18-22(17-20)19-30-27(28)26(29(3,4)5)25(23-12-8-6-9-13-23)24-14-10-7-11-15-24/h6-18,25-27H,19H2,1-5H3/q+1. The Kier molecular flexibility index (Phi) is 7.72. The lowest BCUT2D eigenvalue weighted by Gasteiger charge is -2.42. The van der Waals surface area contributed by atoms with Crippen molar-refractivity contribution in [3.63, 3.8) is 0 Å². The molecule has 0 aliphatic carbocycles. The first-order valence-corrected chi connectivity index (χ1v) is 11.7. The number of aryl methyl sites for hydroxylation is 2. The lowest BCUT2D eigenvalue weighted by atomic mass is 9.84. The summed E-state index contributed by atoms with van der Waals surface area (Å²) in [6.45, 7) is 4.92. The van der Waals surface area contributed by atoms with Gasteiger partial charge in [0.1, 0.15) is 6.04 Å². The fourth-order valence-corrected chi connectivity index (χ4v) is 5.84. The van der Waals surface area contributed by atoms with Crippen LogP contribution in [0.3, 0.4) is 0 Å². The number of hydrogen-bond acceptors (Lipinski definition) is 1. The Hall–Kier alpha value is -1.69. The third-order valence-electron chi connectivity index (χ3n) is 5.51. The van der Waals surface area contributed by atoms with Gasteiger partial charge in [0.15, 0.2) is 4.11 Å². The molecule has 0 bridgehead atoms. The molecule has 0 saturated carbocycles. The number of quaternary nitrogens is 1. The Morgan fingerprint density at radius 2 is 1.23 bits per heavy atom. The van der Waals surface area contributed by atoms with Gasteiger partial charge >= 0.3 is 0 Å². The molecule has 2 nitrogen and oxygen atoms in total. The highest BCUT2D eigenvalue weighted by Gasteiger charge is 2.40. The molecule has 158 valence electrons. The molecule has 0 spiro atoms. The number of nitrogens with zero attached hydrogens (tertiary/aromatic N) is 1. The predicted molar refractivity (Wildman–Crippen MR) is 135 cm³/mol. The SMILES string of the molecule is Cc1cc(C)cc(COC(I)C(C(c2ccccc2)c2ccccc2)[N+](C)(C)C)c1. The van der Waals surface area contributed by atoms with E-state index >= 15 is 0 Å². The number of rotatable bonds is 8. The van der Waals surface area contributed by atoms with E-state index in [2.05, 4.69) is 136 Å². The molecule has 0 saturated heterocycles. The van der Waals surface area contributed by atoms with E-state index in [9.17, 15) is 0 Å². The number of alkyl halides is 1. The minimum Gasteiger partial charge on any atom is -0.357 e. The van der Waals surface area contributed by atoms with Crippen LogP contribution in [-0.2, 0) is 11.3 Å². The predicted octanol–water partition coefficient (Wildman–Crippen LogP) is 6.49. The zero-order valence-electron chi connectivity index (χ0n) is 18.7. The molecule has 0 aromatic heterocycles. The molecule has 3 heteroatoms. The van der Waals surface area contributed by atoms with Gasteiger partial charge in [-0.25, -0.2) is 0 Å². The average Bonchev–Trinajstić information content (AvgIpc) is 2.70. The van der Waals surface area contributed by atoms with Crippen molar-refractivity contribution < 1.29 is 9.22 Å². The normalized spacial score (nSPS) is 14.0. The molecule has 2 atom stereocenters. The maximum atomic E-state index is 6.52. The highest BCUT2D eigenvalue weighted by molar-refractivity contribution is 14.1. The van der Waals surface area contributed by atoms with Crippen molar-refractivity contribution in [2.75, 3.05) is 21.1 Å². The summed E-state index contributed by atoms with van der Waals surface area (Å²) in [5, 5.41) is 0. The molecule has 0 fully saturated rings. The monoisotopic (exact) mass is 514 g/mol. The Morgan fingerprint density at radius 3 is 1.67 bits per heavy atom. The van der Waals surface area contributed by atoms with Crippen LogP contribution in [0.15, 0.2) is 78.9 Å². The summed E-state index contributed by atoms with van der Waals surface area (Å²) in [5.41, 5.74) is 6.48. The van der Waals surface area contributed by atoms with Gasteiger partial charge in [-0.2, -0.15) is 0 Å². The zero-order chi connectivity index (χ0) is 21.7. The molecule has 0 aliphatic heterocycles. The van der Waals surface area contributed by atoms with Crippen molar-refractivity contribution in [3.8, 4) is 0 Å². The van der Waals surface area contributed by atoms with Gasteiger partial charge in [0.2, 0.25) is 0 Å². The molecular formula is C27H33INO+. The second-order valence-electron chi connectivity index (χ2n) is 9.06. The zero-order valence-corrected chi connectivity index (χ0v) is 20.8. The molecule has 2 unspecified atom stereocenters. The summed E-state index contributed by atoms with van der Waals surface area (Å²) in [6.07, 6.45) is 0. The number of ether oxygens (including phenoxy) is 1. The van der Waals surface area contributed by atoms with Crippen LogP contribution in [-0.4, -0.2) is 35.8 Å². The Labute approximate surface area is 195 Å². The van der Waals surface area contributed by atoms with E-state index in [0.717, 1.165) is 4.48 Å². The van der Waals surface area contributed by atoms with Crippen LogP contribution in [0.1, 0.15) is 33.7 Å². The van der Waals surface area contributed by atoms with Gasteiger partial charge < -0.3 is 9.22 Å². The molecule has 0 heterocycles. The largest absolute Gasteiger partial charge is 0.357 e. The first-order chi connectivity index (χ1) is 14.3.